The third-order valence-electron chi connectivity index (χ3n) is 4.80. The van der Waals surface area contributed by atoms with Crippen LogP contribution in [-0.4, -0.2) is 37.2 Å². The first-order valence-electron chi connectivity index (χ1n) is 9.74. The number of carbonyl (C=O) groups excluding carboxylic acids is 1. The van der Waals surface area contributed by atoms with E-state index in [1.54, 1.807) is 42.2 Å². The molecule has 3 aromatic rings. The Hall–Kier alpha value is -2.90. The number of ether oxygens (including phenoxy) is 1. The SMILES string of the molecule is O=C(Nc1ccc(N2CCOCC2)c(F)c1)c1ccc(SCc2cccnc2)cc1. The minimum atomic E-state index is -0.350. The molecule has 0 bridgehead atoms. The Morgan fingerprint density at radius 3 is 2.63 bits per heavy atom. The number of halogens is 1. The molecule has 2 heterocycles. The second-order valence-corrected chi connectivity index (χ2v) is 7.94. The molecule has 1 fully saturated rings. The molecule has 0 unspecified atom stereocenters. The topological polar surface area (TPSA) is 54.5 Å². The summed E-state index contributed by atoms with van der Waals surface area (Å²) in [5.41, 5.74) is 2.64. The summed E-state index contributed by atoms with van der Waals surface area (Å²) in [5.74, 6) is 0.197. The number of nitrogens with one attached hydrogen (secondary N) is 1. The molecule has 154 valence electrons. The van der Waals surface area contributed by atoms with Crippen LogP contribution in [-0.2, 0) is 10.5 Å². The van der Waals surface area contributed by atoms with Crippen LogP contribution in [0.5, 0.6) is 0 Å². The molecule has 0 spiro atoms. The number of nitrogens with zero attached hydrogens (tertiary/aromatic N) is 2. The number of thioether (sulfide) groups is 1. The van der Waals surface area contributed by atoms with Crippen molar-refractivity contribution in [2.75, 3.05) is 36.5 Å². The van der Waals surface area contributed by atoms with E-state index in [0.717, 1.165) is 16.2 Å². The summed E-state index contributed by atoms with van der Waals surface area (Å²) in [4.78, 5) is 19.7. The third-order valence-corrected chi connectivity index (χ3v) is 5.89. The van der Waals surface area contributed by atoms with Crippen molar-refractivity contribution >= 4 is 29.0 Å². The summed E-state index contributed by atoms with van der Waals surface area (Å²) in [7, 11) is 0. The van der Waals surface area contributed by atoms with Gasteiger partial charge in [0.15, 0.2) is 0 Å². The molecule has 1 saturated heterocycles. The number of carbonyl (C=O) groups is 1. The minimum absolute atomic E-state index is 0.266. The van der Waals surface area contributed by atoms with Crippen molar-refractivity contribution in [2.45, 2.75) is 10.6 Å². The summed E-state index contributed by atoms with van der Waals surface area (Å²) in [6, 6.07) is 16.1. The number of pyridine rings is 1. The quantitative estimate of drug-likeness (QED) is 0.587. The van der Waals surface area contributed by atoms with E-state index in [1.807, 2.05) is 35.4 Å². The average molecular weight is 424 g/mol. The lowest BCUT2D eigenvalue weighted by atomic mass is 10.2. The number of hydrogen-bond acceptors (Lipinski definition) is 5. The van der Waals surface area contributed by atoms with Crippen molar-refractivity contribution in [1.82, 2.24) is 4.98 Å². The van der Waals surface area contributed by atoms with Crippen molar-refractivity contribution in [3.05, 3.63) is 83.9 Å². The van der Waals surface area contributed by atoms with E-state index in [2.05, 4.69) is 10.3 Å². The van der Waals surface area contributed by atoms with Crippen LogP contribution in [0.1, 0.15) is 15.9 Å². The van der Waals surface area contributed by atoms with Crippen LogP contribution < -0.4 is 10.2 Å². The van der Waals surface area contributed by atoms with Crippen molar-refractivity contribution in [2.24, 2.45) is 0 Å². The van der Waals surface area contributed by atoms with Crippen LogP contribution >= 0.6 is 11.8 Å². The lowest BCUT2D eigenvalue weighted by Gasteiger charge is -2.29. The lowest BCUT2D eigenvalue weighted by Crippen LogP contribution is -2.36. The van der Waals surface area contributed by atoms with Gasteiger partial charge in [0.2, 0.25) is 0 Å². The van der Waals surface area contributed by atoms with Gasteiger partial charge in [-0.05, 0) is 54.1 Å². The highest BCUT2D eigenvalue weighted by atomic mass is 32.2. The third kappa shape index (κ3) is 5.17. The van der Waals surface area contributed by atoms with Gasteiger partial charge in [0, 0.05) is 47.4 Å². The van der Waals surface area contributed by atoms with Gasteiger partial charge in [-0.2, -0.15) is 0 Å². The van der Waals surface area contributed by atoms with Crippen LogP contribution in [0.25, 0.3) is 0 Å². The maximum atomic E-state index is 14.5. The largest absolute Gasteiger partial charge is 0.378 e. The first-order chi connectivity index (χ1) is 14.7. The molecule has 1 aromatic heterocycles. The van der Waals surface area contributed by atoms with Crippen LogP contribution in [0, 0.1) is 5.82 Å². The fraction of sp³-hybridized carbons (Fsp3) is 0.217. The van der Waals surface area contributed by atoms with E-state index in [1.165, 1.54) is 6.07 Å². The van der Waals surface area contributed by atoms with Crippen LogP contribution in [0.4, 0.5) is 15.8 Å². The van der Waals surface area contributed by atoms with E-state index in [9.17, 15) is 9.18 Å². The Morgan fingerprint density at radius 1 is 1.13 bits per heavy atom. The maximum Gasteiger partial charge on any atom is 0.255 e. The molecule has 0 radical (unpaired) electrons. The number of anilines is 2. The van der Waals surface area contributed by atoms with E-state index in [4.69, 9.17) is 4.74 Å². The number of morpholine rings is 1. The van der Waals surface area contributed by atoms with Gasteiger partial charge in [-0.15, -0.1) is 11.8 Å². The number of benzene rings is 2. The van der Waals surface area contributed by atoms with Crippen LogP contribution in [0.2, 0.25) is 0 Å². The average Bonchev–Trinajstić information content (AvgIpc) is 2.79. The molecule has 2 aromatic carbocycles. The van der Waals surface area contributed by atoms with Gasteiger partial charge < -0.3 is 15.0 Å². The summed E-state index contributed by atoms with van der Waals surface area (Å²) < 4.78 is 19.8. The molecule has 1 amide bonds. The van der Waals surface area contributed by atoms with E-state index >= 15 is 0 Å². The molecule has 1 aliphatic rings. The van der Waals surface area contributed by atoms with Gasteiger partial charge in [0.05, 0.1) is 18.9 Å². The zero-order valence-corrected chi connectivity index (χ0v) is 17.2. The first kappa shape index (κ1) is 20.4. The van der Waals surface area contributed by atoms with E-state index in [-0.39, 0.29) is 11.7 Å². The Labute approximate surface area is 179 Å². The summed E-state index contributed by atoms with van der Waals surface area (Å²) in [6.45, 7) is 2.50. The smallest absolute Gasteiger partial charge is 0.255 e. The van der Waals surface area contributed by atoms with Crippen LogP contribution in [0.15, 0.2) is 71.9 Å². The molecular weight excluding hydrogens is 401 g/mol. The van der Waals surface area contributed by atoms with Gasteiger partial charge in [-0.3, -0.25) is 9.78 Å². The van der Waals surface area contributed by atoms with Crippen molar-refractivity contribution in [3.8, 4) is 0 Å². The second-order valence-electron chi connectivity index (χ2n) is 6.89. The molecule has 7 heteroatoms. The molecule has 4 rings (SSSR count). The monoisotopic (exact) mass is 423 g/mol. The van der Waals surface area contributed by atoms with Gasteiger partial charge >= 0.3 is 0 Å². The Kier molecular flexibility index (Phi) is 6.61. The standard InChI is InChI=1S/C23H22FN3O2S/c24-21-14-19(5-8-22(21)27-10-12-29-13-11-27)26-23(28)18-3-6-20(7-4-18)30-16-17-2-1-9-25-15-17/h1-9,14-15H,10-13,16H2,(H,26,28). The molecule has 0 saturated carbocycles. The summed E-state index contributed by atoms with van der Waals surface area (Å²) >= 11 is 1.68. The van der Waals surface area contributed by atoms with Crippen molar-refractivity contribution in [3.63, 3.8) is 0 Å². The number of amides is 1. The zero-order chi connectivity index (χ0) is 20.8. The number of aromatic nitrogens is 1. The predicted octanol–water partition coefficient (Wildman–Crippen LogP) is 4.60. The molecular formula is C23H22FN3O2S. The molecule has 0 atom stereocenters. The molecule has 5 nitrogen and oxygen atoms in total. The number of hydrogen-bond donors (Lipinski definition) is 1. The minimum Gasteiger partial charge on any atom is -0.378 e. The van der Waals surface area contributed by atoms with Gasteiger partial charge in [-0.1, -0.05) is 6.07 Å². The molecule has 30 heavy (non-hydrogen) atoms. The highest BCUT2D eigenvalue weighted by molar-refractivity contribution is 7.98. The number of rotatable bonds is 6. The molecule has 1 aliphatic heterocycles. The Morgan fingerprint density at radius 2 is 1.93 bits per heavy atom. The summed E-state index contributed by atoms with van der Waals surface area (Å²) in [6.07, 6.45) is 3.60. The van der Waals surface area contributed by atoms with Gasteiger partial charge in [0.25, 0.3) is 5.91 Å². The maximum absolute atomic E-state index is 14.5. The highest BCUT2D eigenvalue weighted by Crippen LogP contribution is 2.25. The molecule has 0 aliphatic carbocycles. The normalized spacial score (nSPS) is 13.8. The fourth-order valence-electron chi connectivity index (χ4n) is 3.20. The van der Waals surface area contributed by atoms with Crippen LogP contribution in [0.3, 0.4) is 0 Å². The first-order valence-corrected chi connectivity index (χ1v) is 10.7. The lowest BCUT2D eigenvalue weighted by molar-refractivity contribution is 0.102. The van der Waals surface area contributed by atoms with E-state index in [0.29, 0.717) is 43.2 Å². The Balaban J connectivity index is 1.35. The molecule has 1 N–H and O–H groups in total. The Bertz CT molecular complexity index is 993. The van der Waals surface area contributed by atoms with Gasteiger partial charge in [0.1, 0.15) is 5.82 Å². The predicted molar refractivity (Wildman–Crippen MR) is 118 cm³/mol. The van der Waals surface area contributed by atoms with Crippen molar-refractivity contribution in [1.29, 1.82) is 0 Å². The highest BCUT2D eigenvalue weighted by Gasteiger charge is 2.16. The fourth-order valence-corrected chi connectivity index (χ4v) is 4.03. The van der Waals surface area contributed by atoms with Crippen molar-refractivity contribution < 1.29 is 13.9 Å². The zero-order valence-electron chi connectivity index (χ0n) is 16.4. The second kappa shape index (κ2) is 9.73. The van der Waals surface area contributed by atoms with E-state index < -0.39 is 0 Å². The summed E-state index contributed by atoms with van der Waals surface area (Å²) in [5, 5.41) is 2.77. The van der Waals surface area contributed by atoms with Gasteiger partial charge in [-0.25, -0.2) is 4.39 Å².